The molecule has 2 heterocycles. The largest absolute Gasteiger partial charge is 0.507 e. The Kier molecular flexibility index (Phi) is 6.12. The van der Waals surface area contributed by atoms with E-state index in [0.29, 0.717) is 35.7 Å². The zero-order valence-corrected chi connectivity index (χ0v) is 19.7. The minimum atomic E-state index is -3.03. The van der Waals surface area contributed by atoms with Gasteiger partial charge in [0.15, 0.2) is 5.43 Å². The number of nitrogens with zero attached hydrogens (tertiary/aromatic N) is 1. The predicted molar refractivity (Wildman–Crippen MR) is 126 cm³/mol. The Balaban J connectivity index is 2.05. The molecule has 1 aliphatic heterocycles. The Hall–Kier alpha value is -2.31. The summed E-state index contributed by atoms with van der Waals surface area (Å²) in [6.45, 7) is 4.03. The number of likely N-dealkylation sites (tertiary alicyclic amines) is 1. The highest BCUT2D eigenvalue weighted by Gasteiger charge is 2.34. The van der Waals surface area contributed by atoms with E-state index in [4.69, 9.17) is 20.5 Å². The van der Waals surface area contributed by atoms with Gasteiger partial charge in [-0.2, -0.15) is 0 Å². The number of likely N-dealkylation sites (N-methyl/N-ethyl adjacent to an activating group) is 1. The summed E-state index contributed by atoms with van der Waals surface area (Å²) in [6, 6.07) is 9.52. The highest BCUT2D eigenvalue weighted by Crippen LogP contribution is 2.48. The van der Waals surface area contributed by atoms with Crippen LogP contribution in [0.25, 0.3) is 22.3 Å². The van der Waals surface area contributed by atoms with E-state index in [1.807, 2.05) is 11.9 Å². The quantitative estimate of drug-likeness (QED) is 0.533. The van der Waals surface area contributed by atoms with Crippen LogP contribution in [0, 0.1) is 0 Å². The Labute approximate surface area is 190 Å². The summed E-state index contributed by atoms with van der Waals surface area (Å²) < 4.78 is 24.4. The van der Waals surface area contributed by atoms with Gasteiger partial charge in [-0.25, -0.2) is 0 Å². The van der Waals surface area contributed by atoms with E-state index in [1.54, 1.807) is 24.3 Å². The molecular weight excluding hydrogens is 453 g/mol. The first-order valence-electron chi connectivity index (χ1n) is 10.2. The van der Waals surface area contributed by atoms with Crippen molar-refractivity contribution in [3.05, 3.63) is 57.2 Å². The fourth-order valence-corrected chi connectivity index (χ4v) is 5.05. The summed E-state index contributed by atoms with van der Waals surface area (Å²) in [5, 5.41) is 21.9. The van der Waals surface area contributed by atoms with Crippen LogP contribution in [0.2, 0.25) is 5.02 Å². The number of aliphatic hydroxyl groups is 1. The normalized spacial score (nSPS) is 19.9. The Morgan fingerprint density at radius 1 is 1.25 bits per heavy atom. The van der Waals surface area contributed by atoms with Crippen molar-refractivity contribution in [3.63, 3.8) is 0 Å². The first kappa shape index (κ1) is 22.9. The van der Waals surface area contributed by atoms with Gasteiger partial charge in [0.25, 0.3) is 0 Å². The van der Waals surface area contributed by atoms with E-state index in [0.717, 1.165) is 0 Å². The zero-order valence-electron chi connectivity index (χ0n) is 18.0. The highest BCUT2D eigenvalue weighted by atomic mass is 35.5. The van der Waals surface area contributed by atoms with E-state index in [9.17, 15) is 19.6 Å². The van der Waals surface area contributed by atoms with Crippen molar-refractivity contribution in [2.24, 2.45) is 0 Å². The van der Waals surface area contributed by atoms with Crippen molar-refractivity contribution in [3.8, 4) is 22.8 Å². The van der Waals surface area contributed by atoms with E-state index < -0.39 is 24.8 Å². The fraction of sp³-hybridized carbons (Fsp3) is 0.348. The number of phenols is 1. The number of aliphatic hydroxyl groups excluding tert-OH is 1. The van der Waals surface area contributed by atoms with Crippen LogP contribution < -0.4 is 9.95 Å². The molecule has 1 saturated heterocycles. The molecule has 9 heteroatoms. The van der Waals surface area contributed by atoms with Crippen LogP contribution >= 0.6 is 19.0 Å². The van der Waals surface area contributed by atoms with Crippen LogP contribution in [0.1, 0.15) is 17.9 Å². The summed E-state index contributed by atoms with van der Waals surface area (Å²) in [4.78, 5) is 15.0. The van der Waals surface area contributed by atoms with E-state index in [-0.39, 0.29) is 28.2 Å². The van der Waals surface area contributed by atoms with Crippen molar-refractivity contribution in [1.29, 1.82) is 0 Å². The zero-order chi connectivity index (χ0) is 23.2. The lowest BCUT2D eigenvalue weighted by molar-refractivity contribution is 0.0634. The van der Waals surface area contributed by atoms with Crippen LogP contribution in [0.4, 0.5) is 0 Å². The van der Waals surface area contributed by atoms with E-state index >= 15 is 0 Å². The minimum absolute atomic E-state index is 0.0173. The Bertz CT molecular complexity index is 1280. The molecule has 1 aromatic heterocycles. The third kappa shape index (κ3) is 4.44. The summed E-state index contributed by atoms with van der Waals surface area (Å²) in [6.07, 6.45) is -0.211. The molecule has 0 radical (unpaired) electrons. The molecule has 0 bridgehead atoms. The van der Waals surface area contributed by atoms with Gasteiger partial charge in [-0.15, -0.1) is 0 Å². The van der Waals surface area contributed by atoms with Crippen molar-refractivity contribution >= 4 is 29.9 Å². The number of β-amino-alcohol motifs (C(OH)–C–C–N with tert-alkyl or cyclic N) is 1. The molecule has 2 N–H and O–H groups in total. The molecule has 0 aliphatic carbocycles. The average molecular weight is 478 g/mol. The lowest BCUT2D eigenvalue weighted by atomic mass is 9.85. The van der Waals surface area contributed by atoms with Gasteiger partial charge in [0.05, 0.1) is 11.1 Å². The van der Waals surface area contributed by atoms with Crippen molar-refractivity contribution in [1.82, 2.24) is 4.90 Å². The second kappa shape index (κ2) is 8.56. The maximum atomic E-state index is 13.0. The summed E-state index contributed by atoms with van der Waals surface area (Å²) in [7, 11) is -1.12. The van der Waals surface area contributed by atoms with Gasteiger partial charge in [0.2, 0.25) is 7.37 Å². The van der Waals surface area contributed by atoms with Gasteiger partial charge < -0.3 is 24.1 Å². The number of piperidine rings is 1. The molecule has 1 aliphatic rings. The smallest absolute Gasteiger partial charge is 0.242 e. The molecule has 0 amide bonds. The van der Waals surface area contributed by atoms with Crippen LogP contribution in [-0.2, 0) is 4.57 Å². The van der Waals surface area contributed by atoms with Gasteiger partial charge in [0.1, 0.15) is 28.2 Å². The van der Waals surface area contributed by atoms with Crippen LogP contribution in [0.3, 0.4) is 0 Å². The van der Waals surface area contributed by atoms with Crippen molar-refractivity contribution < 1.29 is 23.7 Å². The number of phenolic OH excluding ortho intramolecular Hbond substituents is 1. The Morgan fingerprint density at radius 3 is 2.62 bits per heavy atom. The maximum Gasteiger partial charge on any atom is 0.242 e. The lowest BCUT2D eigenvalue weighted by Gasteiger charge is -2.35. The number of aromatic hydroxyl groups is 1. The van der Waals surface area contributed by atoms with Crippen LogP contribution in [-0.4, -0.2) is 54.7 Å². The number of rotatable bonds is 4. The van der Waals surface area contributed by atoms with E-state index in [1.165, 1.54) is 25.5 Å². The SMILES string of the molecule is CN1CC[C@H](c2c(OP(C)(C)=O)cc(O)c3c(=O)cc(-c4ccccc4Cl)oc23)[C@H](O)C1. The fourth-order valence-electron chi connectivity index (χ4n) is 4.20. The van der Waals surface area contributed by atoms with Gasteiger partial charge >= 0.3 is 0 Å². The summed E-state index contributed by atoms with van der Waals surface area (Å²) >= 11 is 6.32. The number of fused-ring (bicyclic) bond motifs is 1. The molecule has 2 aromatic carbocycles. The molecule has 3 aromatic rings. The first-order valence-corrected chi connectivity index (χ1v) is 13.1. The number of halogens is 1. The number of benzene rings is 2. The maximum absolute atomic E-state index is 13.0. The third-order valence-electron chi connectivity index (χ3n) is 5.60. The van der Waals surface area contributed by atoms with E-state index in [2.05, 4.69) is 0 Å². The molecule has 32 heavy (non-hydrogen) atoms. The molecule has 0 saturated carbocycles. The first-order chi connectivity index (χ1) is 15.0. The molecule has 4 rings (SSSR count). The highest BCUT2D eigenvalue weighted by molar-refractivity contribution is 7.57. The molecule has 170 valence electrons. The average Bonchev–Trinajstić information content (AvgIpc) is 2.68. The molecule has 1 fully saturated rings. The monoisotopic (exact) mass is 477 g/mol. The second-order valence-electron chi connectivity index (χ2n) is 8.53. The van der Waals surface area contributed by atoms with Crippen molar-refractivity contribution in [2.45, 2.75) is 18.4 Å². The second-order valence-corrected chi connectivity index (χ2v) is 11.6. The molecule has 0 spiro atoms. The van der Waals surface area contributed by atoms with Crippen LogP contribution in [0.5, 0.6) is 11.5 Å². The van der Waals surface area contributed by atoms with Gasteiger partial charge in [-0.1, -0.05) is 23.7 Å². The van der Waals surface area contributed by atoms with Crippen molar-refractivity contribution in [2.75, 3.05) is 33.5 Å². The third-order valence-corrected chi connectivity index (χ3v) is 6.56. The number of hydrogen-bond donors (Lipinski definition) is 2. The van der Waals surface area contributed by atoms with Gasteiger partial charge in [-0.05, 0) is 32.1 Å². The molecule has 2 atom stereocenters. The number of hydrogen-bond acceptors (Lipinski definition) is 7. The molecular formula is C23H25ClNO6P. The lowest BCUT2D eigenvalue weighted by Crippen LogP contribution is -2.40. The minimum Gasteiger partial charge on any atom is -0.507 e. The Morgan fingerprint density at radius 2 is 1.97 bits per heavy atom. The predicted octanol–water partition coefficient (Wildman–Crippen LogP) is 4.52. The van der Waals surface area contributed by atoms with Gasteiger partial charge in [-0.3, -0.25) is 9.36 Å². The molecule has 7 nitrogen and oxygen atoms in total. The molecule has 0 unspecified atom stereocenters. The standard InChI is InChI=1S/C23H25ClNO6P/c1-25-9-8-14(18(28)12-25)21-20(31-32(2,3)29)11-17(27)22-16(26)10-19(30-23(21)22)13-6-4-5-7-15(13)24/h4-7,10-11,14,18,27-28H,8-9,12H2,1-3H3/t14-,18+/m0/s1. The summed E-state index contributed by atoms with van der Waals surface area (Å²) in [5.41, 5.74) is 0.591. The van der Waals surface area contributed by atoms with Gasteiger partial charge in [0, 0.05) is 49.1 Å². The summed E-state index contributed by atoms with van der Waals surface area (Å²) in [5.74, 6) is -0.421. The topological polar surface area (TPSA) is 100 Å². The van der Waals surface area contributed by atoms with Crippen LogP contribution in [0.15, 0.2) is 45.6 Å².